The molecule has 1 aliphatic carbocycles. The molecule has 1 unspecified atom stereocenters. The number of amides is 1. The van der Waals surface area contributed by atoms with E-state index in [0.717, 1.165) is 17.5 Å². The Morgan fingerprint density at radius 3 is 2.48 bits per heavy atom. The molecule has 1 aromatic carbocycles. The van der Waals surface area contributed by atoms with E-state index in [0.29, 0.717) is 24.3 Å². The number of aryl methyl sites for hydroxylation is 1. The van der Waals surface area contributed by atoms with E-state index in [1.165, 1.54) is 0 Å². The van der Waals surface area contributed by atoms with Crippen LogP contribution in [0.25, 0.3) is 0 Å². The quantitative estimate of drug-likeness (QED) is 0.804. The smallest absolute Gasteiger partial charge is 0.235 e. The fourth-order valence-electron chi connectivity index (χ4n) is 2.80. The normalized spacial score (nSPS) is 20.6. The van der Waals surface area contributed by atoms with Gasteiger partial charge in [0.05, 0.1) is 26.4 Å². The number of rotatable bonds is 5. The van der Waals surface area contributed by atoms with Gasteiger partial charge < -0.3 is 19.9 Å². The van der Waals surface area contributed by atoms with Crippen LogP contribution in [0, 0.1) is 0 Å². The summed E-state index contributed by atoms with van der Waals surface area (Å²) >= 11 is 5.55. The Kier molecular flexibility index (Phi) is 4.96. The van der Waals surface area contributed by atoms with Crippen molar-refractivity contribution in [3.8, 4) is 11.5 Å². The van der Waals surface area contributed by atoms with Gasteiger partial charge in [0.2, 0.25) is 5.91 Å². The summed E-state index contributed by atoms with van der Waals surface area (Å²) in [7, 11) is 3.19. The molecule has 0 spiro atoms. The molecule has 2 N–H and O–H groups in total. The minimum absolute atomic E-state index is 0.111. The Bertz CT molecular complexity index is 535. The minimum atomic E-state index is -0.654. The van der Waals surface area contributed by atoms with Crippen LogP contribution < -0.4 is 14.8 Å². The monoisotopic (exact) mass is 313 g/mol. The highest BCUT2D eigenvalue weighted by atomic mass is 35.5. The van der Waals surface area contributed by atoms with E-state index in [1.54, 1.807) is 14.2 Å². The lowest BCUT2D eigenvalue weighted by atomic mass is 9.78. The van der Waals surface area contributed by atoms with E-state index in [4.69, 9.17) is 21.1 Å². The number of halogens is 1. The molecule has 1 aromatic rings. The largest absolute Gasteiger partial charge is 0.493 e. The predicted molar refractivity (Wildman–Crippen MR) is 80.3 cm³/mol. The highest BCUT2D eigenvalue weighted by Crippen LogP contribution is 2.36. The van der Waals surface area contributed by atoms with Gasteiger partial charge in [-0.2, -0.15) is 0 Å². The van der Waals surface area contributed by atoms with Gasteiger partial charge in [0, 0.05) is 0 Å². The van der Waals surface area contributed by atoms with Crippen molar-refractivity contribution in [3.63, 3.8) is 0 Å². The zero-order chi connectivity index (χ0) is 15.5. The maximum atomic E-state index is 11.6. The number of hydrogen-bond donors (Lipinski definition) is 2. The lowest BCUT2D eigenvalue weighted by Crippen LogP contribution is -2.55. The summed E-state index contributed by atoms with van der Waals surface area (Å²) in [5, 5.41) is 12.6. The van der Waals surface area contributed by atoms with Gasteiger partial charge in [-0.25, -0.2) is 0 Å². The summed E-state index contributed by atoms with van der Waals surface area (Å²) in [5.74, 6) is 0.960. The Morgan fingerprint density at radius 1 is 1.33 bits per heavy atom. The Balaban J connectivity index is 2.31. The van der Waals surface area contributed by atoms with Crippen LogP contribution in [0.4, 0.5) is 0 Å². The molecule has 1 amide bonds. The summed E-state index contributed by atoms with van der Waals surface area (Å²) < 4.78 is 10.6. The van der Waals surface area contributed by atoms with Crippen LogP contribution in [0.2, 0.25) is 0 Å². The van der Waals surface area contributed by atoms with Crippen LogP contribution in [0.15, 0.2) is 12.1 Å². The Hall–Kier alpha value is -1.46. The molecular weight excluding hydrogens is 294 g/mol. The SMILES string of the molecule is COc1cc2c(cc1OC)CC(CO)(NC(=O)CCl)CC2. The molecule has 5 nitrogen and oxygen atoms in total. The van der Waals surface area contributed by atoms with Gasteiger partial charge in [-0.15, -0.1) is 11.6 Å². The van der Waals surface area contributed by atoms with E-state index in [2.05, 4.69) is 5.32 Å². The standard InChI is InChI=1S/C15H20ClNO4/c1-20-12-5-10-3-4-15(9-18,17-14(19)8-16)7-11(10)6-13(12)21-2/h5-6,18H,3-4,7-9H2,1-2H3,(H,17,19). The molecule has 1 aliphatic rings. The first-order valence-corrected chi connectivity index (χ1v) is 7.32. The van der Waals surface area contributed by atoms with Crippen molar-refractivity contribution in [2.24, 2.45) is 0 Å². The number of alkyl halides is 1. The highest BCUT2D eigenvalue weighted by molar-refractivity contribution is 6.27. The molecule has 0 radical (unpaired) electrons. The fourth-order valence-corrected chi connectivity index (χ4v) is 2.86. The third kappa shape index (κ3) is 3.24. The molecule has 21 heavy (non-hydrogen) atoms. The molecule has 0 saturated carbocycles. The maximum Gasteiger partial charge on any atom is 0.235 e. The number of methoxy groups -OCH3 is 2. The summed E-state index contributed by atoms with van der Waals surface area (Å²) in [4.78, 5) is 11.6. The van der Waals surface area contributed by atoms with Crippen molar-refractivity contribution < 1.29 is 19.4 Å². The summed E-state index contributed by atoms with van der Waals surface area (Å²) in [6.45, 7) is -0.122. The van der Waals surface area contributed by atoms with Crippen molar-refractivity contribution >= 4 is 17.5 Å². The number of ether oxygens (including phenoxy) is 2. The number of aliphatic hydroxyl groups is 1. The molecular formula is C15H20ClNO4. The van der Waals surface area contributed by atoms with Gasteiger partial charge in [-0.3, -0.25) is 4.79 Å². The van der Waals surface area contributed by atoms with Crippen LogP contribution >= 0.6 is 11.6 Å². The van der Waals surface area contributed by atoms with Crippen molar-refractivity contribution in [2.45, 2.75) is 24.8 Å². The van der Waals surface area contributed by atoms with Gasteiger partial charge in [-0.1, -0.05) is 0 Å². The minimum Gasteiger partial charge on any atom is -0.493 e. The molecule has 0 heterocycles. The van der Waals surface area contributed by atoms with Gasteiger partial charge >= 0.3 is 0 Å². The second kappa shape index (κ2) is 6.54. The van der Waals surface area contributed by atoms with E-state index in [1.807, 2.05) is 12.1 Å². The number of nitrogens with one attached hydrogen (secondary N) is 1. The molecule has 1 atom stereocenters. The average Bonchev–Trinajstić information content (AvgIpc) is 2.53. The first-order chi connectivity index (χ1) is 10.1. The van der Waals surface area contributed by atoms with Crippen LogP contribution in [0.1, 0.15) is 17.5 Å². The topological polar surface area (TPSA) is 67.8 Å². The Morgan fingerprint density at radius 2 is 1.95 bits per heavy atom. The highest BCUT2D eigenvalue weighted by Gasteiger charge is 2.35. The second-order valence-corrected chi connectivity index (χ2v) is 5.54. The van der Waals surface area contributed by atoms with Gasteiger partial charge in [0.25, 0.3) is 0 Å². The summed E-state index contributed by atoms with van der Waals surface area (Å²) in [5.41, 5.74) is 1.54. The average molecular weight is 314 g/mol. The lowest BCUT2D eigenvalue weighted by molar-refractivity contribution is -0.121. The van der Waals surface area contributed by atoms with Crippen LogP contribution in [-0.4, -0.2) is 43.3 Å². The fraction of sp³-hybridized carbons (Fsp3) is 0.533. The second-order valence-electron chi connectivity index (χ2n) is 5.27. The molecule has 0 bridgehead atoms. The summed E-state index contributed by atoms with van der Waals surface area (Å²) in [6, 6.07) is 3.86. The molecule has 6 heteroatoms. The van der Waals surface area contributed by atoms with Crippen LogP contribution in [-0.2, 0) is 17.6 Å². The van der Waals surface area contributed by atoms with Crippen molar-refractivity contribution in [1.82, 2.24) is 5.32 Å². The van der Waals surface area contributed by atoms with E-state index in [9.17, 15) is 9.90 Å². The van der Waals surface area contributed by atoms with Crippen LogP contribution in [0.5, 0.6) is 11.5 Å². The van der Waals surface area contributed by atoms with E-state index in [-0.39, 0.29) is 18.4 Å². The third-order valence-corrected chi connectivity index (χ3v) is 4.18. The molecule has 2 rings (SSSR count). The molecule has 0 aliphatic heterocycles. The first kappa shape index (κ1) is 15.9. The Labute approximate surface area is 129 Å². The van der Waals surface area contributed by atoms with E-state index >= 15 is 0 Å². The molecule has 0 saturated heterocycles. The number of aliphatic hydroxyl groups excluding tert-OH is 1. The van der Waals surface area contributed by atoms with Crippen molar-refractivity contribution in [3.05, 3.63) is 23.3 Å². The lowest BCUT2D eigenvalue weighted by Gasteiger charge is -2.37. The number of fused-ring (bicyclic) bond motifs is 1. The molecule has 0 aromatic heterocycles. The van der Waals surface area contributed by atoms with E-state index < -0.39 is 5.54 Å². The zero-order valence-corrected chi connectivity index (χ0v) is 13.0. The number of carbonyl (C=O) groups is 1. The maximum absolute atomic E-state index is 11.6. The van der Waals surface area contributed by atoms with Gasteiger partial charge in [-0.05, 0) is 42.5 Å². The third-order valence-electron chi connectivity index (χ3n) is 3.94. The zero-order valence-electron chi connectivity index (χ0n) is 12.2. The summed E-state index contributed by atoms with van der Waals surface area (Å²) in [6.07, 6.45) is 1.95. The number of hydrogen-bond acceptors (Lipinski definition) is 4. The van der Waals surface area contributed by atoms with Gasteiger partial charge in [0.15, 0.2) is 11.5 Å². The molecule has 0 fully saturated rings. The first-order valence-electron chi connectivity index (χ1n) is 6.79. The van der Waals surface area contributed by atoms with Crippen molar-refractivity contribution in [2.75, 3.05) is 26.7 Å². The van der Waals surface area contributed by atoms with Crippen molar-refractivity contribution in [1.29, 1.82) is 0 Å². The number of benzene rings is 1. The predicted octanol–water partition coefficient (Wildman–Crippen LogP) is 1.28. The molecule has 116 valence electrons. The van der Waals surface area contributed by atoms with Crippen LogP contribution in [0.3, 0.4) is 0 Å². The van der Waals surface area contributed by atoms with Gasteiger partial charge in [0.1, 0.15) is 5.88 Å². The number of carbonyl (C=O) groups excluding carboxylic acids is 1.